The summed E-state index contributed by atoms with van der Waals surface area (Å²) < 4.78 is 5.06. The van der Waals surface area contributed by atoms with Crippen molar-refractivity contribution < 1.29 is 9.66 Å². The van der Waals surface area contributed by atoms with E-state index >= 15 is 0 Å². The minimum absolute atomic E-state index is 0.0377. The minimum Gasteiger partial charge on any atom is -0.497 e. The first-order valence-corrected chi connectivity index (χ1v) is 6.18. The molecule has 6 nitrogen and oxygen atoms in total. The number of benzene rings is 2. The molecule has 0 spiro atoms. The Hall–Kier alpha value is -3.07. The monoisotopic (exact) mass is 283 g/mol. The van der Waals surface area contributed by atoms with Crippen LogP contribution in [-0.2, 0) is 0 Å². The van der Waals surface area contributed by atoms with Crippen LogP contribution in [0.15, 0.2) is 48.5 Å². The molecule has 6 heteroatoms. The average molecular weight is 283 g/mol. The van der Waals surface area contributed by atoms with Crippen LogP contribution in [0.2, 0.25) is 0 Å². The zero-order valence-electron chi connectivity index (χ0n) is 11.3. The van der Waals surface area contributed by atoms with Crippen LogP contribution >= 0.6 is 0 Å². The number of nitrogens with zero attached hydrogens (tertiary/aromatic N) is 2. The minimum atomic E-state index is -0.668. The van der Waals surface area contributed by atoms with Gasteiger partial charge in [-0.2, -0.15) is 5.26 Å². The van der Waals surface area contributed by atoms with Crippen LogP contribution < -0.4 is 10.1 Å². The highest BCUT2D eigenvalue weighted by atomic mass is 16.6. The number of non-ortho nitro benzene ring substituents is 1. The van der Waals surface area contributed by atoms with Crippen molar-refractivity contribution in [3.05, 3.63) is 64.2 Å². The first-order valence-electron chi connectivity index (χ1n) is 6.18. The standard InChI is InChI=1S/C15H13N3O3/c1-21-14-7-5-12(6-8-14)17-15(10-16)11-3-2-4-13(9-11)18(19)20/h2-9,15,17H,1H3. The third-order valence-corrected chi connectivity index (χ3v) is 2.94. The Kier molecular flexibility index (Phi) is 4.36. The molecule has 0 bridgehead atoms. The Labute approximate surface area is 121 Å². The van der Waals surface area contributed by atoms with E-state index in [1.165, 1.54) is 12.1 Å². The molecule has 0 saturated heterocycles. The fourth-order valence-corrected chi connectivity index (χ4v) is 1.86. The van der Waals surface area contributed by atoms with Crippen LogP contribution in [0.3, 0.4) is 0 Å². The predicted octanol–water partition coefficient (Wildman–Crippen LogP) is 3.28. The fourth-order valence-electron chi connectivity index (χ4n) is 1.86. The topological polar surface area (TPSA) is 88.2 Å². The number of nitro benzene ring substituents is 1. The number of nitro groups is 1. The molecule has 0 aliphatic heterocycles. The third kappa shape index (κ3) is 3.48. The summed E-state index contributed by atoms with van der Waals surface area (Å²) in [5.74, 6) is 0.712. The molecule has 0 aromatic heterocycles. The van der Waals surface area contributed by atoms with Crippen LogP contribution in [-0.4, -0.2) is 12.0 Å². The van der Waals surface area contributed by atoms with E-state index in [9.17, 15) is 15.4 Å². The molecule has 1 N–H and O–H groups in total. The highest BCUT2D eigenvalue weighted by Gasteiger charge is 2.14. The lowest BCUT2D eigenvalue weighted by Crippen LogP contribution is -2.08. The van der Waals surface area contributed by atoms with E-state index in [1.807, 2.05) is 0 Å². The molecule has 0 aliphatic rings. The molecule has 0 aliphatic carbocycles. The number of methoxy groups -OCH3 is 1. The largest absolute Gasteiger partial charge is 0.497 e. The maximum Gasteiger partial charge on any atom is 0.269 e. The van der Waals surface area contributed by atoms with E-state index in [0.717, 1.165) is 5.69 Å². The van der Waals surface area contributed by atoms with Crippen LogP contribution in [0, 0.1) is 21.4 Å². The van der Waals surface area contributed by atoms with Crippen LogP contribution in [0.1, 0.15) is 11.6 Å². The highest BCUT2D eigenvalue weighted by Crippen LogP contribution is 2.24. The lowest BCUT2D eigenvalue weighted by Gasteiger charge is -2.13. The average Bonchev–Trinajstić information content (AvgIpc) is 2.53. The first kappa shape index (κ1) is 14.3. The second-order valence-corrected chi connectivity index (χ2v) is 4.29. The second kappa shape index (κ2) is 6.39. The van der Waals surface area contributed by atoms with Crippen molar-refractivity contribution in [2.24, 2.45) is 0 Å². The lowest BCUT2D eigenvalue weighted by atomic mass is 10.1. The summed E-state index contributed by atoms with van der Waals surface area (Å²) in [6.07, 6.45) is 0. The Morgan fingerprint density at radius 2 is 2.00 bits per heavy atom. The summed E-state index contributed by atoms with van der Waals surface area (Å²) in [5.41, 5.74) is 1.24. The van der Waals surface area contributed by atoms with Crippen molar-refractivity contribution in [1.82, 2.24) is 0 Å². The van der Waals surface area contributed by atoms with Gasteiger partial charge in [-0.15, -0.1) is 0 Å². The molecular formula is C15H13N3O3. The zero-order valence-corrected chi connectivity index (χ0v) is 11.3. The molecule has 0 amide bonds. The van der Waals surface area contributed by atoms with Crippen molar-refractivity contribution in [1.29, 1.82) is 5.26 Å². The van der Waals surface area contributed by atoms with Crippen molar-refractivity contribution >= 4 is 11.4 Å². The molecule has 0 heterocycles. The molecular weight excluding hydrogens is 270 g/mol. The van der Waals surface area contributed by atoms with Gasteiger partial charge in [-0.1, -0.05) is 12.1 Å². The van der Waals surface area contributed by atoms with E-state index in [1.54, 1.807) is 43.5 Å². The number of ether oxygens (including phenoxy) is 1. The summed E-state index contributed by atoms with van der Waals surface area (Å²) in [4.78, 5) is 10.3. The third-order valence-electron chi connectivity index (χ3n) is 2.94. The van der Waals surface area contributed by atoms with Gasteiger partial charge in [-0.25, -0.2) is 0 Å². The van der Waals surface area contributed by atoms with Gasteiger partial charge in [0.25, 0.3) is 5.69 Å². The van der Waals surface area contributed by atoms with Crippen molar-refractivity contribution in [3.8, 4) is 11.8 Å². The summed E-state index contributed by atoms with van der Waals surface area (Å²) in [6, 6.07) is 14.5. The van der Waals surface area contributed by atoms with E-state index in [0.29, 0.717) is 11.3 Å². The molecule has 2 rings (SSSR count). The fraction of sp³-hybridized carbons (Fsp3) is 0.133. The van der Waals surface area contributed by atoms with Crippen LogP contribution in [0.4, 0.5) is 11.4 Å². The smallest absolute Gasteiger partial charge is 0.269 e. The summed E-state index contributed by atoms with van der Waals surface area (Å²) in [7, 11) is 1.57. The Morgan fingerprint density at radius 3 is 2.57 bits per heavy atom. The van der Waals surface area contributed by atoms with Crippen LogP contribution in [0.25, 0.3) is 0 Å². The first-order chi connectivity index (χ1) is 10.1. The Bertz CT molecular complexity index is 677. The SMILES string of the molecule is COc1ccc(NC(C#N)c2cccc([N+](=O)[O-])c2)cc1. The van der Waals surface area contributed by atoms with E-state index < -0.39 is 11.0 Å². The number of anilines is 1. The Balaban J connectivity index is 2.21. The van der Waals surface area contributed by atoms with E-state index in [-0.39, 0.29) is 5.69 Å². The van der Waals surface area contributed by atoms with Gasteiger partial charge >= 0.3 is 0 Å². The maximum absolute atomic E-state index is 10.8. The second-order valence-electron chi connectivity index (χ2n) is 4.29. The van der Waals surface area contributed by atoms with E-state index in [2.05, 4.69) is 11.4 Å². The predicted molar refractivity (Wildman–Crippen MR) is 78.1 cm³/mol. The summed E-state index contributed by atoms with van der Waals surface area (Å²) >= 11 is 0. The van der Waals surface area contributed by atoms with Crippen molar-refractivity contribution in [3.63, 3.8) is 0 Å². The Morgan fingerprint density at radius 1 is 1.29 bits per heavy atom. The van der Waals surface area contributed by atoms with E-state index in [4.69, 9.17) is 4.74 Å². The molecule has 2 aromatic carbocycles. The van der Waals surface area contributed by atoms with Gasteiger partial charge in [0.05, 0.1) is 18.1 Å². The van der Waals surface area contributed by atoms with Gasteiger partial charge in [0.2, 0.25) is 0 Å². The number of nitriles is 1. The van der Waals surface area contributed by atoms with Crippen LogP contribution in [0.5, 0.6) is 5.75 Å². The maximum atomic E-state index is 10.8. The van der Waals surface area contributed by atoms with Crippen molar-refractivity contribution in [2.45, 2.75) is 6.04 Å². The molecule has 0 saturated carbocycles. The van der Waals surface area contributed by atoms with Gasteiger partial charge in [-0.3, -0.25) is 10.1 Å². The molecule has 21 heavy (non-hydrogen) atoms. The van der Waals surface area contributed by atoms with Gasteiger partial charge in [0, 0.05) is 17.8 Å². The zero-order chi connectivity index (χ0) is 15.2. The molecule has 0 fully saturated rings. The summed E-state index contributed by atoms with van der Waals surface area (Å²) in [6.45, 7) is 0. The molecule has 106 valence electrons. The van der Waals surface area contributed by atoms with Gasteiger partial charge in [0.1, 0.15) is 11.8 Å². The molecule has 2 aromatic rings. The lowest BCUT2D eigenvalue weighted by molar-refractivity contribution is -0.384. The molecule has 0 radical (unpaired) electrons. The number of hydrogen-bond donors (Lipinski definition) is 1. The summed E-state index contributed by atoms with van der Waals surface area (Å²) in [5, 5.41) is 23.1. The van der Waals surface area contributed by atoms with Gasteiger partial charge in [-0.05, 0) is 29.8 Å². The normalized spacial score (nSPS) is 11.2. The number of hydrogen-bond acceptors (Lipinski definition) is 5. The van der Waals surface area contributed by atoms with Crippen molar-refractivity contribution in [2.75, 3.05) is 12.4 Å². The number of rotatable bonds is 5. The highest BCUT2D eigenvalue weighted by molar-refractivity contribution is 5.50. The number of nitrogens with one attached hydrogen (secondary N) is 1. The quantitative estimate of drug-likeness (QED) is 0.672. The van der Waals surface area contributed by atoms with Gasteiger partial charge in [0.15, 0.2) is 0 Å². The molecule has 1 atom stereocenters. The van der Waals surface area contributed by atoms with Gasteiger partial charge < -0.3 is 10.1 Å². The molecule has 1 unspecified atom stereocenters.